The Hall–Kier alpha value is -3.40. The minimum atomic E-state index is -0.475. The molecule has 7 nitrogen and oxygen atoms in total. The Morgan fingerprint density at radius 1 is 1.37 bits per heavy atom. The van der Waals surface area contributed by atoms with Crippen LogP contribution in [0.25, 0.3) is 11.0 Å². The lowest BCUT2D eigenvalue weighted by atomic mass is 10.1. The Balaban J connectivity index is 1.72. The molecular formula is C20H19N5O2. The van der Waals surface area contributed by atoms with Crippen LogP contribution in [0.3, 0.4) is 0 Å². The van der Waals surface area contributed by atoms with E-state index in [0.717, 1.165) is 35.3 Å². The maximum absolute atomic E-state index is 13.2. The van der Waals surface area contributed by atoms with E-state index in [9.17, 15) is 14.9 Å². The molecule has 1 aromatic carbocycles. The summed E-state index contributed by atoms with van der Waals surface area (Å²) in [5, 5.41) is 9.19. The molecule has 3 aromatic rings. The SMILES string of the molecule is Cc1ccc2nc([C@H]3CCCN3C(=O)c3c[nH]c(=O)c(C#N)c3C)[nH]c2c1. The molecule has 1 saturated heterocycles. The van der Waals surface area contributed by atoms with Crippen molar-refractivity contribution in [2.24, 2.45) is 0 Å². The highest BCUT2D eigenvalue weighted by atomic mass is 16.2. The number of hydrogen-bond acceptors (Lipinski definition) is 4. The first-order valence-corrected chi connectivity index (χ1v) is 8.89. The van der Waals surface area contributed by atoms with Gasteiger partial charge in [0.25, 0.3) is 11.5 Å². The Bertz CT molecular complexity index is 1150. The number of rotatable bonds is 2. The number of carbonyl (C=O) groups excluding carboxylic acids is 1. The summed E-state index contributed by atoms with van der Waals surface area (Å²) in [6.07, 6.45) is 3.09. The van der Waals surface area contributed by atoms with Gasteiger partial charge in [0.05, 0.1) is 22.6 Å². The summed E-state index contributed by atoms with van der Waals surface area (Å²) in [5.74, 6) is 0.573. The fourth-order valence-electron chi connectivity index (χ4n) is 3.73. The predicted molar refractivity (Wildman–Crippen MR) is 100 cm³/mol. The minimum Gasteiger partial charge on any atom is -0.340 e. The van der Waals surface area contributed by atoms with Gasteiger partial charge in [-0.05, 0) is 49.9 Å². The van der Waals surface area contributed by atoms with E-state index in [1.54, 1.807) is 11.8 Å². The number of nitriles is 1. The molecular weight excluding hydrogens is 342 g/mol. The number of aromatic nitrogens is 3. The summed E-state index contributed by atoms with van der Waals surface area (Å²) in [6, 6.07) is 7.75. The number of aryl methyl sites for hydroxylation is 1. The maximum atomic E-state index is 13.2. The van der Waals surface area contributed by atoms with Crippen LogP contribution in [0.5, 0.6) is 0 Å². The molecule has 0 radical (unpaired) electrons. The van der Waals surface area contributed by atoms with E-state index in [2.05, 4.69) is 15.0 Å². The number of likely N-dealkylation sites (tertiary alicyclic amines) is 1. The molecule has 2 N–H and O–H groups in total. The fourth-order valence-corrected chi connectivity index (χ4v) is 3.73. The largest absolute Gasteiger partial charge is 0.340 e. The van der Waals surface area contributed by atoms with E-state index in [-0.39, 0.29) is 17.5 Å². The average molecular weight is 361 g/mol. The number of nitrogens with one attached hydrogen (secondary N) is 2. The molecule has 1 aliphatic heterocycles. The number of hydrogen-bond donors (Lipinski definition) is 2. The van der Waals surface area contributed by atoms with Gasteiger partial charge in [-0.15, -0.1) is 0 Å². The second-order valence-electron chi connectivity index (χ2n) is 6.94. The average Bonchev–Trinajstić information content (AvgIpc) is 3.27. The summed E-state index contributed by atoms with van der Waals surface area (Å²) < 4.78 is 0. The van der Waals surface area contributed by atoms with Crippen LogP contribution in [0.15, 0.2) is 29.2 Å². The lowest BCUT2D eigenvalue weighted by Crippen LogP contribution is -2.32. The zero-order valence-electron chi connectivity index (χ0n) is 15.2. The van der Waals surface area contributed by atoms with Crippen LogP contribution < -0.4 is 5.56 Å². The van der Waals surface area contributed by atoms with Gasteiger partial charge in [0, 0.05) is 12.7 Å². The van der Waals surface area contributed by atoms with Gasteiger partial charge in [-0.25, -0.2) is 4.98 Å². The van der Waals surface area contributed by atoms with Crippen LogP contribution in [0.2, 0.25) is 0 Å². The lowest BCUT2D eigenvalue weighted by molar-refractivity contribution is 0.0729. The molecule has 0 aliphatic carbocycles. The molecule has 1 amide bonds. The van der Waals surface area contributed by atoms with Crippen molar-refractivity contribution in [2.75, 3.05) is 6.54 Å². The van der Waals surface area contributed by atoms with Gasteiger partial charge in [0.15, 0.2) is 0 Å². The van der Waals surface area contributed by atoms with Crippen LogP contribution in [0, 0.1) is 25.2 Å². The summed E-state index contributed by atoms with van der Waals surface area (Å²) in [4.78, 5) is 37.2. The Morgan fingerprint density at radius 3 is 2.96 bits per heavy atom. The Morgan fingerprint density at radius 2 is 2.19 bits per heavy atom. The molecule has 7 heteroatoms. The van der Waals surface area contributed by atoms with Gasteiger partial charge >= 0.3 is 0 Å². The third kappa shape index (κ3) is 2.79. The maximum Gasteiger partial charge on any atom is 0.266 e. The van der Waals surface area contributed by atoms with Gasteiger partial charge in [-0.2, -0.15) is 5.26 Å². The molecule has 0 spiro atoms. The molecule has 3 heterocycles. The molecule has 2 aromatic heterocycles. The van der Waals surface area contributed by atoms with Crippen molar-refractivity contribution in [3.8, 4) is 6.07 Å². The van der Waals surface area contributed by atoms with Crippen molar-refractivity contribution in [2.45, 2.75) is 32.7 Å². The van der Waals surface area contributed by atoms with Crippen molar-refractivity contribution < 1.29 is 4.79 Å². The Kier molecular flexibility index (Phi) is 4.04. The molecule has 4 rings (SSSR count). The summed E-state index contributed by atoms with van der Waals surface area (Å²) in [7, 11) is 0. The van der Waals surface area contributed by atoms with Crippen molar-refractivity contribution in [3.63, 3.8) is 0 Å². The van der Waals surface area contributed by atoms with E-state index < -0.39 is 5.56 Å². The lowest BCUT2D eigenvalue weighted by Gasteiger charge is -2.24. The van der Waals surface area contributed by atoms with Crippen molar-refractivity contribution in [1.29, 1.82) is 5.26 Å². The highest BCUT2D eigenvalue weighted by molar-refractivity contribution is 5.96. The van der Waals surface area contributed by atoms with Crippen molar-refractivity contribution >= 4 is 16.9 Å². The normalized spacial score (nSPS) is 16.6. The summed E-state index contributed by atoms with van der Waals surface area (Å²) >= 11 is 0. The van der Waals surface area contributed by atoms with Gasteiger partial charge in [-0.1, -0.05) is 6.07 Å². The molecule has 27 heavy (non-hydrogen) atoms. The van der Waals surface area contributed by atoms with Crippen LogP contribution in [0.4, 0.5) is 0 Å². The van der Waals surface area contributed by atoms with Crippen LogP contribution in [-0.2, 0) is 0 Å². The first-order valence-electron chi connectivity index (χ1n) is 8.89. The highest BCUT2D eigenvalue weighted by Crippen LogP contribution is 2.33. The number of pyridine rings is 1. The smallest absolute Gasteiger partial charge is 0.266 e. The van der Waals surface area contributed by atoms with Gasteiger partial charge < -0.3 is 14.9 Å². The molecule has 0 bridgehead atoms. The molecule has 136 valence electrons. The second kappa shape index (κ2) is 6.40. The monoisotopic (exact) mass is 361 g/mol. The van der Waals surface area contributed by atoms with E-state index in [0.29, 0.717) is 17.7 Å². The van der Waals surface area contributed by atoms with Crippen molar-refractivity contribution in [3.05, 3.63) is 62.8 Å². The number of amides is 1. The summed E-state index contributed by atoms with van der Waals surface area (Å²) in [6.45, 7) is 4.27. The third-order valence-corrected chi connectivity index (χ3v) is 5.18. The standard InChI is InChI=1S/C20H19N5O2/c1-11-5-6-15-16(8-11)24-18(23-15)17-4-3-7-25(17)20(27)14-10-22-19(26)13(9-21)12(14)2/h5-6,8,10,17H,3-4,7H2,1-2H3,(H,22,26)(H,23,24)/t17-/m1/s1. The molecule has 0 unspecified atom stereocenters. The highest BCUT2D eigenvalue weighted by Gasteiger charge is 2.33. The molecule has 1 aliphatic rings. The predicted octanol–water partition coefficient (Wildman–Crippen LogP) is 2.72. The van der Waals surface area contributed by atoms with E-state index in [1.807, 2.05) is 31.2 Å². The third-order valence-electron chi connectivity index (χ3n) is 5.18. The number of carbonyl (C=O) groups is 1. The topological polar surface area (TPSA) is 106 Å². The number of nitrogens with zero attached hydrogens (tertiary/aromatic N) is 3. The van der Waals surface area contributed by atoms with E-state index in [4.69, 9.17) is 0 Å². The number of imidazole rings is 1. The number of aromatic amines is 2. The first-order chi connectivity index (χ1) is 13.0. The van der Waals surface area contributed by atoms with E-state index >= 15 is 0 Å². The van der Waals surface area contributed by atoms with E-state index in [1.165, 1.54) is 6.20 Å². The zero-order valence-corrected chi connectivity index (χ0v) is 15.2. The quantitative estimate of drug-likeness (QED) is 0.732. The minimum absolute atomic E-state index is 0.0178. The molecule has 1 atom stereocenters. The number of benzene rings is 1. The second-order valence-corrected chi connectivity index (χ2v) is 6.94. The number of fused-ring (bicyclic) bond motifs is 1. The van der Waals surface area contributed by atoms with Gasteiger partial charge in [0.1, 0.15) is 17.5 Å². The molecule has 0 saturated carbocycles. The Labute approximate surface area is 155 Å². The zero-order chi connectivity index (χ0) is 19.1. The fraction of sp³-hybridized carbons (Fsp3) is 0.300. The van der Waals surface area contributed by atoms with Gasteiger partial charge in [-0.3, -0.25) is 9.59 Å². The van der Waals surface area contributed by atoms with Crippen LogP contribution in [0.1, 0.15) is 51.8 Å². The summed E-state index contributed by atoms with van der Waals surface area (Å²) in [5.41, 5.74) is 3.25. The van der Waals surface area contributed by atoms with Crippen molar-refractivity contribution in [1.82, 2.24) is 19.9 Å². The molecule has 1 fully saturated rings. The van der Waals surface area contributed by atoms with Crippen LogP contribution in [-0.4, -0.2) is 32.3 Å². The number of H-pyrrole nitrogens is 2. The van der Waals surface area contributed by atoms with Gasteiger partial charge in [0.2, 0.25) is 0 Å². The first kappa shape index (κ1) is 17.0. The van der Waals surface area contributed by atoms with Crippen LogP contribution >= 0.6 is 0 Å².